The van der Waals surface area contributed by atoms with Crippen LogP contribution in [-0.2, 0) is 10.0 Å². The zero-order chi connectivity index (χ0) is 14.6. The highest BCUT2D eigenvalue weighted by atomic mass is 32.2. The van der Waals surface area contributed by atoms with Crippen molar-refractivity contribution in [3.8, 4) is 0 Å². The van der Waals surface area contributed by atoms with Crippen molar-refractivity contribution in [2.75, 3.05) is 16.2 Å². The monoisotopic (exact) mass is 326 g/mol. The topological polar surface area (TPSA) is 72.2 Å². The first-order valence-electron chi connectivity index (χ1n) is 5.72. The molecule has 1 aromatic heterocycles. The molecule has 20 heavy (non-hydrogen) atoms. The summed E-state index contributed by atoms with van der Waals surface area (Å²) in [5.74, 6) is 0.713. The molecule has 2 aromatic rings. The van der Waals surface area contributed by atoms with Gasteiger partial charge < -0.3 is 5.73 Å². The molecule has 0 bridgehead atoms. The second-order valence-electron chi connectivity index (χ2n) is 3.90. The number of hydrogen-bond donors (Lipinski definition) is 2. The van der Waals surface area contributed by atoms with Gasteiger partial charge in [0.05, 0.1) is 5.69 Å². The highest BCUT2D eigenvalue weighted by Gasteiger charge is 2.17. The number of nitrogen functional groups attached to an aromatic ring is 1. The fraction of sp³-hybridized carbons (Fsp3) is 0.0769. The fourth-order valence-electron chi connectivity index (χ4n) is 1.49. The van der Waals surface area contributed by atoms with Crippen LogP contribution in [0, 0.1) is 0 Å². The van der Waals surface area contributed by atoms with E-state index in [-0.39, 0.29) is 4.21 Å². The number of benzene rings is 1. The summed E-state index contributed by atoms with van der Waals surface area (Å²) in [7, 11) is -3.59. The van der Waals surface area contributed by atoms with Gasteiger partial charge in [-0.2, -0.15) is 0 Å². The first-order chi connectivity index (χ1) is 9.53. The Labute approximate surface area is 126 Å². The lowest BCUT2D eigenvalue weighted by molar-refractivity contribution is 0.603. The molecule has 0 atom stereocenters. The predicted molar refractivity (Wildman–Crippen MR) is 86.9 cm³/mol. The summed E-state index contributed by atoms with van der Waals surface area (Å²) in [6.07, 6.45) is 1.77. The van der Waals surface area contributed by atoms with E-state index in [9.17, 15) is 8.42 Å². The Kier molecular flexibility index (Phi) is 4.74. The third-order valence-electron chi connectivity index (χ3n) is 2.35. The largest absolute Gasteiger partial charge is 0.398 e. The van der Waals surface area contributed by atoms with Crippen LogP contribution in [0.1, 0.15) is 0 Å². The summed E-state index contributed by atoms with van der Waals surface area (Å²) in [4.78, 5) is 0.862. The van der Waals surface area contributed by atoms with Crippen LogP contribution in [-0.4, -0.2) is 14.2 Å². The van der Waals surface area contributed by atoms with Gasteiger partial charge in [0.1, 0.15) is 4.21 Å². The average Bonchev–Trinajstić information content (AvgIpc) is 2.85. The highest BCUT2D eigenvalue weighted by molar-refractivity contribution is 7.99. The van der Waals surface area contributed by atoms with Gasteiger partial charge in [-0.05, 0) is 18.2 Å². The minimum atomic E-state index is -3.59. The van der Waals surface area contributed by atoms with Crippen LogP contribution in [0.15, 0.2) is 57.5 Å². The Balaban J connectivity index is 2.27. The minimum Gasteiger partial charge on any atom is -0.398 e. The van der Waals surface area contributed by atoms with E-state index in [2.05, 4.69) is 11.3 Å². The lowest BCUT2D eigenvalue weighted by Crippen LogP contribution is -2.12. The van der Waals surface area contributed by atoms with Crippen molar-refractivity contribution in [3.05, 3.63) is 48.4 Å². The molecular formula is C13H14N2O2S3. The van der Waals surface area contributed by atoms with E-state index in [0.29, 0.717) is 17.1 Å². The zero-order valence-corrected chi connectivity index (χ0v) is 13.0. The molecule has 1 aromatic carbocycles. The van der Waals surface area contributed by atoms with E-state index in [4.69, 9.17) is 5.73 Å². The Morgan fingerprint density at radius 2 is 2.15 bits per heavy atom. The van der Waals surface area contributed by atoms with Crippen LogP contribution in [0.3, 0.4) is 0 Å². The number of thiophene rings is 1. The van der Waals surface area contributed by atoms with Gasteiger partial charge in [0.25, 0.3) is 10.0 Å². The molecule has 0 saturated heterocycles. The molecule has 0 saturated carbocycles. The molecule has 4 nitrogen and oxygen atoms in total. The smallest absolute Gasteiger partial charge is 0.271 e. The Morgan fingerprint density at radius 1 is 1.40 bits per heavy atom. The summed E-state index contributed by atoms with van der Waals surface area (Å²) >= 11 is 2.62. The molecule has 0 aliphatic carbocycles. The minimum absolute atomic E-state index is 0.207. The summed E-state index contributed by atoms with van der Waals surface area (Å²) in [6, 6.07) is 8.71. The number of sulfonamides is 1. The first-order valence-corrected chi connectivity index (χ1v) is 9.07. The second-order valence-corrected chi connectivity index (χ2v) is 7.78. The summed E-state index contributed by atoms with van der Waals surface area (Å²) in [5, 5.41) is 1.60. The highest BCUT2D eigenvalue weighted by Crippen LogP contribution is 2.30. The van der Waals surface area contributed by atoms with Crippen molar-refractivity contribution < 1.29 is 8.42 Å². The Morgan fingerprint density at radius 3 is 2.80 bits per heavy atom. The molecule has 2 rings (SSSR count). The van der Waals surface area contributed by atoms with Gasteiger partial charge in [0.2, 0.25) is 0 Å². The van der Waals surface area contributed by atoms with Crippen molar-refractivity contribution in [2.24, 2.45) is 0 Å². The molecular weight excluding hydrogens is 312 g/mol. The van der Waals surface area contributed by atoms with E-state index in [1.807, 2.05) is 12.1 Å². The first kappa shape index (κ1) is 15.0. The molecule has 3 N–H and O–H groups in total. The van der Waals surface area contributed by atoms with Gasteiger partial charge in [0.15, 0.2) is 0 Å². The van der Waals surface area contributed by atoms with Crippen molar-refractivity contribution in [1.82, 2.24) is 0 Å². The van der Waals surface area contributed by atoms with E-state index >= 15 is 0 Å². The predicted octanol–water partition coefficient (Wildman–Crippen LogP) is 3.41. The van der Waals surface area contributed by atoms with Crippen LogP contribution in [0.2, 0.25) is 0 Å². The number of rotatable bonds is 6. The van der Waals surface area contributed by atoms with Crippen LogP contribution in [0.25, 0.3) is 0 Å². The van der Waals surface area contributed by atoms with E-state index < -0.39 is 10.0 Å². The lowest BCUT2D eigenvalue weighted by Gasteiger charge is -2.10. The lowest BCUT2D eigenvalue weighted by atomic mass is 10.3. The number of anilines is 2. The van der Waals surface area contributed by atoms with Crippen molar-refractivity contribution >= 4 is 44.5 Å². The van der Waals surface area contributed by atoms with E-state index in [1.165, 1.54) is 17.8 Å². The van der Waals surface area contributed by atoms with Crippen LogP contribution in [0.4, 0.5) is 11.4 Å². The van der Waals surface area contributed by atoms with Gasteiger partial charge in [-0.15, -0.1) is 29.7 Å². The van der Waals surface area contributed by atoms with Crippen LogP contribution in [0.5, 0.6) is 0 Å². The van der Waals surface area contributed by atoms with E-state index in [1.54, 1.807) is 23.6 Å². The molecule has 0 radical (unpaired) electrons. The zero-order valence-electron chi connectivity index (χ0n) is 10.6. The summed E-state index contributed by atoms with van der Waals surface area (Å²) < 4.78 is 27.3. The van der Waals surface area contributed by atoms with Crippen molar-refractivity contribution in [2.45, 2.75) is 9.10 Å². The average molecular weight is 326 g/mol. The molecule has 1 heterocycles. The number of para-hydroxylation sites is 1. The third kappa shape index (κ3) is 3.56. The summed E-state index contributed by atoms with van der Waals surface area (Å²) in [6.45, 7) is 3.66. The maximum absolute atomic E-state index is 12.3. The van der Waals surface area contributed by atoms with Crippen LogP contribution >= 0.6 is 23.1 Å². The maximum Gasteiger partial charge on any atom is 0.271 e. The van der Waals surface area contributed by atoms with Gasteiger partial charge >= 0.3 is 0 Å². The molecule has 0 spiro atoms. The number of nitrogens with one attached hydrogen (secondary N) is 1. The molecule has 0 aliphatic rings. The number of thioether (sulfide) groups is 1. The van der Waals surface area contributed by atoms with Gasteiger partial charge in [-0.1, -0.05) is 18.2 Å². The normalized spacial score (nSPS) is 11.2. The molecule has 7 heteroatoms. The Bertz CT molecular complexity index is 708. The van der Waals surface area contributed by atoms with Gasteiger partial charge in [-0.3, -0.25) is 4.72 Å². The summed E-state index contributed by atoms with van der Waals surface area (Å²) in [5.41, 5.74) is 6.58. The third-order valence-corrected chi connectivity index (χ3v) is 6.24. The second kappa shape index (κ2) is 6.34. The van der Waals surface area contributed by atoms with E-state index in [0.717, 1.165) is 16.2 Å². The molecule has 0 aliphatic heterocycles. The number of nitrogens with two attached hydrogens (primary N) is 1. The van der Waals surface area contributed by atoms with Crippen LogP contribution < -0.4 is 10.5 Å². The molecule has 0 unspecified atom stereocenters. The maximum atomic E-state index is 12.3. The van der Waals surface area contributed by atoms with Gasteiger partial charge in [0, 0.05) is 21.7 Å². The quantitative estimate of drug-likeness (QED) is 0.630. The van der Waals surface area contributed by atoms with Crippen molar-refractivity contribution in [1.29, 1.82) is 0 Å². The molecule has 0 amide bonds. The molecule has 0 fully saturated rings. The molecule has 106 valence electrons. The number of hydrogen-bond acceptors (Lipinski definition) is 5. The standard InChI is InChI=1S/C13H14N2O2S3/c1-2-7-18-12-6-4-3-5-11(12)15-20(16,17)13-8-10(14)9-19-13/h2-6,8-9,15H,1,7,14H2. The SMILES string of the molecule is C=CCSc1ccccc1NS(=O)(=O)c1cc(N)cs1. The Hall–Kier alpha value is -1.44. The fourth-order valence-corrected chi connectivity index (χ4v) is 4.46. The van der Waals surface area contributed by atoms with Gasteiger partial charge in [-0.25, -0.2) is 8.42 Å². The van der Waals surface area contributed by atoms with Crippen molar-refractivity contribution in [3.63, 3.8) is 0 Å².